The largest absolute Gasteiger partial charge is 0.382 e. The van der Waals surface area contributed by atoms with Crippen LogP contribution in [0.25, 0.3) is 0 Å². The molecule has 0 fully saturated rings. The van der Waals surface area contributed by atoms with Gasteiger partial charge in [0.05, 0.1) is 152 Å². The predicted molar refractivity (Wildman–Crippen MR) is 243 cm³/mol. The second-order valence-corrected chi connectivity index (χ2v) is 14.3. The number of rotatable bonds is 41. The normalized spacial score (nSPS) is 12.7. The van der Waals surface area contributed by atoms with Crippen molar-refractivity contribution >= 4 is 17.7 Å². The first kappa shape index (κ1) is 54.1. The molecule has 3 aromatic carbocycles. The molecule has 1 N–H and O–H groups in total. The number of imide groups is 1. The minimum absolute atomic E-state index is 0.273. The number of nitrogens with one attached hydrogen (secondary N) is 1. The lowest BCUT2D eigenvalue weighted by molar-refractivity contribution is -0.141. The average molecular weight is 925 g/mol. The fraction of sp³-hybridized carbons (Fsp3) is 0.531. The number of ether oxygens (including phenoxy) is 12. The number of methoxy groups -OCH3 is 1. The van der Waals surface area contributed by atoms with E-state index in [-0.39, 0.29) is 5.91 Å². The SMILES string of the molecule is COCCOCCOCCOCCOCCOCCOCCOCCOCCOCCOCCOCCNC(=O)c1ccc(C(c2ccccc2)(c2ccccc2)N2C(=O)C=CC2=O)cc1. The van der Waals surface area contributed by atoms with E-state index in [0.29, 0.717) is 170 Å². The van der Waals surface area contributed by atoms with E-state index in [1.54, 1.807) is 31.4 Å². The summed E-state index contributed by atoms with van der Waals surface area (Å²) in [4.78, 5) is 40.8. The Bertz CT molecular complexity index is 1690. The van der Waals surface area contributed by atoms with Crippen LogP contribution >= 0.6 is 0 Å². The molecule has 17 nitrogen and oxygen atoms in total. The van der Waals surface area contributed by atoms with Crippen molar-refractivity contribution in [2.45, 2.75) is 5.54 Å². The number of carbonyl (C=O) groups excluding carboxylic acids is 3. The summed E-state index contributed by atoms with van der Waals surface area (Å²) in [5.74, 6) is -1.11. The van der Waals surface area contributed by atoms with E-state index in [4.69, 9.17) is 56.8 Å². The Hall–Kier alpha value is -4.47. The van der Waals surface area contributed by atoms with Crippen molar-refractivity contribution in [1.82, 2.24) is 10.2 Å². The summed E-state index contributed by atoms with van der Waals surface area (Å²) in [6.07, 6.45) is 2.57. The number of hydrogen-bond donors (Lipinski definition) is 1. The minimum atomic E-state index is -1.26. The highest BCUT2D eigenvalue weighted by Gasteiger charge is 2.48. The zero-order valence-electron chi connectivity index (χ0n) is 38.3. The van der Waals surface area contributed by atoms with Gasteiger partial charge in [-0.05, 0) is 28.8 Å². The van der Waals surface area contributed by atoms with Crippen molar-refractivity contribution in [2.75, 3.05) is 166 Å². The molecule has 3 aromatic rings. The standard InChI is InChI=1S/C49H68N2O15/c1-55-20-21-57-24-25-59-28-29-61-32-33-63-36-37-65-40-41-66-39-38-64-35-34-62-31-30-60-27-26-58-23-22-56-19-18-50-48(54)42-12-14-45(15-13-42)49(43-8-4-2-5-9-43,44-10-6-3-7-11-44)51-46(52)16-17-47(51)53/h2-17H,18-41H2,1H3,(H,50,54). The fourth-order valence-electron chi connectivity index (χ4n) is 6.62. The van der Waals surface area contributed by atoms with E-state index in [1.807, 2.05) is 60.7 Å². The monoisotopic (exact) mass is 924 g/mol. The highest BCUT2D eigenvalue weighted by Crippen LogP contribution is 2.44. The van der Waals surface area contributed by atoms with Crippen LogP contribution in [0.2, 0.25) is 0 Å². The first-order valence-corrected chi connectivity index (χ1v) is 22.5. The topological polar surface area (TPSA) is 177 Å². The van der Waals surface area contributed by atoms with Crippen LogP contribution in [0.5, 0.6) is 0 Å². The molecule has 0 radical (unpaired) electrons. The minimum Gasteiger partial charge on any atom is -0.382 e. The van der Waals surface area contributed by atoms with E-state index in [0.717, 1.165) is 11.1 Å². The van der Waals surface area contributed by atoms with Gasteiger partial charge in [0, 0.05) is 31.4 Å². The molecular formula is C49H68N2O15. The molecule has 1 aliphatic heterocycles. The summed E-state index contributed by atoms with van der Waals surface area (Å²) in [6.45, 7) is 11.2. The van der Waals surface area contributed by atoms with Gasteiger partial charge in [0.1, 0.15) is 5.54 Å². The van der Waals surface area contributed by atoms with Gasteiger partial charge in [-0.2, -0.15) is 0 Å². The molecule has 1 heterocycles. The van der Waals surface area contributed by atoms with Crippen molar-refractivity contribution in [3.8, 4) is 0 Å². The van der Waals surface area contributed by atoms with Gasteiger partial charge in [-0.15, -0.1) is 0 Å². The van der Waals surface area contributed by atoms with Gasteiger partial charge in [-0.1, -0.05) is 72.8 Å². The van der Waals surface area contributed by atoms with Crippen LogP contribution in [-0.2, 0) is 72.0 Å². The van der Waals surface area contributed by atoms with Crippen LogP contribution in [0.3, 0.4) is 0 Å². The summed E-state index contributed by atoms with van der Waals surface area (Å²) in [5, 5.41) is 2.87. The van der Waals surface area contributed by atoms with Gasteiger partial charge >= 0.3 is 0 Å². The van der Waals surface area contributed by atoms with Gasteiger partial charge in [0.25, 0.3) is 17.7 Å². The van der Waals surface area contributed by atoms with E-state index < -0.39 is 17.4 Å². The maximum atomic E-state index is 13.2. The van der Waals surface area contributed by atoms with Crippen molar-refractivity contribution in [3.05, 3.63) is 119 Å². The molecule has 0 spiro atoms. The average Bonchev–Trinajstić information content (AvgIpc) is 3.69. The number of carbonyl (C=O) groups is 3. The van der Waals surface area contributed by atoms with Gasteiger partial charge in [-0.25, -0.2) is 0 Å². The Morgan fingerprint density at radius 1 is 0.409 bits per heavy atom. The number of amides is 3. The molecule has 0 atom stereocenters. The molecule has 0 bridgehead atoms. The van der Waals surface area contributed by atoms with Crippen molar-refractivity contribution < 1.29 is 71.2 Å². The Morgan fingerprint density at radius 2 is 0.697 bits per heavy atom. The maximum absolute atomic E-state index is 13.2. The van der Waals surface area contributed by atoms with E-state index >= 15 is 0 Å². The summed E-state index contributed by atoms with van der Waals surface area (Å²) in [7, 11) is 1.64. The number of nitrogens with zero attached hydrogens (tertiary/aromatic N) is 1. The molecular weight excluding hydrogens is 857 g/mol. The molecule has 66 heavy (non-hydrogen) atoms. The van der Waals surface area contributed by atoms with Crippen molar-refractivity contribution in [2.24, 2.45) is 0 Å². The highest BCUT2D eigenvalue weighted by atomic mass is 16.6. The fourth-order valence-corrected chi connectivity index (χ4v) is 6.62. The molecule has 17 heteroatoms. The molecule has 0 unspecified atom stereocenters. The zero-order valence-corrected chi connectivity index (χ0v) is 38.3. The van der Waals surface area contributed by atoms with Crippen LogP contribution in [0.4, 0.5) is 0 Å². The number of hydrogen-bond acceptors (Lipinski definition) is 15. The lowest BCUT2D eigenvalue weighted by atomic mass is 9.75. The quantitative estimate of drug-likeness (QED) is 0.0497. The zero-order chi connectivity index (χ0) is 46.6. The lowest BCUT2D eigenvalue weighted by Crippen LogP contribution is -2.51. The third kappa shape index (κ3) is 20.2. The molecule has 0 aromatic heterocycles. The van der Waals surface area contributed by atoms with Gasteiger partial charge in [0.2, 0.25) is 0 Å². The van der Waals surface area contributed by atoms with Gasteiger partial charge < -0.3 is 62.2 Å². The Morgan fingerprint density at radius 3 is 1.02 bits per heavy atom. The number of benzene rings is 3. The molecule has 0 saturated heterocycles. The van der Waals surface area contributed by atoms with Crippen LogP contribution in [-0.4, -0.2) is 188 Å². The highest BCUT2D eigenvalue weighted by molar-refractivity contribution is 6.14. The summed E-state index contributed by atoms with van der Waals surface area (Å²) in [6, 6.07) is 25.8. The second kappa shape index (κ2) is 34.8. The molecule has 364 valence electrons. The Kier molecular flexibility index (Phi) is 28.5. The van der Waals surface area contributed by atoms with Gasteiger partial charge in [0.15, 0.2) is 0 Å². The summed E-state index contributed by atoms with van der Waals surface area (Å²) < 4.78 is 65.3. The summed E-state index contributed by atoms with van der Waals surface area (Å²) >= 11 is 0. The van der Waals surface area contributed by atoms with Crippen LogP contribution in [0, 0.1) is 0 Å². The smallest absolute Gasteiger partial charge is 0.254 e. The molecule has 1 aliphatic rings. The van der Waals surface area contributed by atoms with Crippen LogP contribution in [0.15, 0.2) is 97.1 Å². The van der Waals surface area contributed by atoms with E-state index in [9.17, 15) is 14.4 Å². The van der Waals surface area contributed by atoms with Crippen LogP contribution < -0.4 is 5.32 Å². The predicted octanol–water partition coefficient (Wildman–Crippen LogP) is 3.46. The molecule has 0 saturated carbocycles. The first-order chi connectivity index (χ1) is 32.6. The van der Waals surface area contributed by atoms with Crippen LogP contribution in [0.1, 0.15) is 27.0 Å². The maximum Gasteiger partial charge on any atom is 0.254 e. The molecule has 4 rings (SSSR count). The summed E-state index contributed by atoms with van der Waals surface area (Å²) in [5.41, 5.74) is 1.31. The van der Waals surface area contributed by atoms with E-state index in [2.05, 4.69) is 5.32 Å². The molecule has 3 amide bonds. The lowest BCUT2D eigenvalue weighted by Gasteiger charge is -2.42. The molecule has 0 aliphatic carbocycles. The van der Waals surface area contributed by atoms with Crippen molar-refractivity contribution in [3.63, 3.8) is 0 Å². The Labute approximate surface area is 388 Å². The van der Waals surface area contributed by atoms with E-state index in [1.165, 1.54) is 17.1 Å². The Balaban J connectivity index is 0.913. The van der Waals surface area contributed by atoms with Crippen molar-refractivity contribution in [1.29, 1.82) is 0 Å². The third-order valence-electron chi connectivity index (χ3n) is 9.78. The van der Waals surface area contributed by atoms with Gasteiger partial charge in [-0.3, -0.25) is 19.3 Å². The first-order valence-electron chi connectivity index (χ1n) is 22.5. The third-order valence-corrected chi connectivity index (χ3v) is 9.78. The second-order valence-electron chi connectivity index (χ2n) is 14.3.